The summed E-state index contributed by atoms with van der Waals surface area (Å²) < 4.78 is 4.68. The van der Waals surface area contributed by atoms with Crippen LogP contribution in [0.3, 0.4) is 0 Å². The molecule has 0 radical (unpaired) electrons. The summed E-state index contributed by atoms with van der Waals surface area (Å²) in [5.74, 6) is -1.89. The Morgan fingerprint density at radius 1 is 1.04 bits per heavy atom. The molecule has 2 aromatic carbocycles. The molecule has 1 spiro atoms. The topological polar surface area (TPSA) is 93.6 Å². The van der Waals surface area contributed by atoms with E-state index in [1.54, 1.807) is 33.7 Å². The number of fused-ring (bicyclic) bond motifs is 1. The molecular weight excluding hydrogens is 692 g/mol. The van der Waals surface area contributed by atoms with Crippen molar-refractivity contribution in [3.8, 4) is 0 Å². The van der Waals surface area contributed by atoms with Gasteiger partial charge in [0, 0.05) is 55.0 Å². The average Bonchev–Trinajstić information content (AvgIpc) is 3.71. The van der Waals surface area contributed by atoms with Crippen LogP contribution < -0.4 is 4.90 Å². The zero-order valence-corrected chi connectivity index (χ0v) is 29.6. The van der Waals surface area contributed by atoms with Crippen molar-refractivity contribution in [1.82, 2.24) is 14.7 Å². The fourth-order valence-electron chi connectivity index (χ4n) is 8.11. The lowest BCUT2D eigenvalue weighted by Crippen LogP contribution is -2.59. The number of hydrogen-bond donors (Lipinski definition) is 1. The third-order valence-electron chi connectivity index (χ3n) is 10.3. The van der Waals surface area contributed by atoms with Gasteiger partial charge in [-0.15, -0.1) is 24.9 Å². The van der Waals surface area contributed by atoms with Crippen LogP contribution in [0.1, 0.15) is 12.0 Å². The molecule has 256 valence electrons. The van der Waals surface area contributed by atoms with E-state index in [9.17, 15) is 14.7 Å². The van der Waals surface area contributed by atoms with Crippen molar-refractivity contribution >= 4 is 51.1 Å². The molecule has 0 aliphatic carbocycles. The number of nitrogens with zero attached hydrogens (tertiary/aromatic N) is 4. The zero-order valence-electron chi connectivity index (χ0n) is 27.2. The van der Waals surface area contributed by atoms with E-state index in [1.165, 1.54) is 0 Å². The number of hydrogen-bond acceptors (Lipinski definition) is 7. The lowest BCUT2D eigenvalue weighted by molar-refractivity contribution is -0.145. The molecule has 48 heavy (non-hydrogen) atoms. The maximum absolute atomic E-state index is 15.0. The number of para-hydroxylation sites is 1. The van der Waals surface area contributed by atoms with Crippen molar-refractivity contribution in [3.63, 3.8) is 0 Å². The number of likely N-dealkylation sites (tertiary alicyclic amines) is 1. The largest absolute Gasteiger partial charge is 0.394 e. The van der Waals surface area contributed by atoms with Crippen LogP contribution in [0.5, 0.6) is 0 Å². The first-order valence-electron chi connectivity index (χ1n) is 16.8. The Hall–Kier alpha value is -2.96. The van der Waals surface area contributed by atoms with Crippen molar-refractivity contribution in [2.24, 2.45) is 11.8 Å². The molecule has 0 aromatic heterocycles. The molecule has 4 heterocycles. The van der Waals surface area contributed by atoms with Crippen molar-refractivity contribution in [1.29, 1.82) is 0 Å². The van der Waals surface area contributed by atoms with E-state index in [-0.39, 0.29) is 34.4 Å². The van der Waals surface area contributed by atoms with Gasteiger partial charge in [-0.2, -0.15) is 0 Å². The van der Waals surface area contributed by atoms with E-state index in [1.807, 2.05) is 65.6 Å². The molecule has 0 saturated carbocycles. The van der Waals surface area contributed by atoms with E-state index in [0.717, 1.165) is 24.3 Å². The first-order chi connectivity index (χ1) is 23.3. The molecule has 11 heteroatoms. The molecule has 4 aliphatic heterocycles. The van der Waals surface area contributed by atoms with Crippen LogP contribution in [0.25, 0.3) is 0 Å². The second kappa shape index (κ2) is 15.3. The Morgan fingerprint density at radius 3 is 2.35 bits per heavy atom. The number of rotatable bonds is 14. The minimum absolute atomic E-state index is 0.0694. The normalized spacial score (nSPS) is 28.6. The highest BCUT2D eigenvalue weighted by atomic mass is 79.9. The van der Waals surface area contributed by atoms with Crippen LogP contribution in [-0.4, -0.2) is 124 Å². The average molecular weight is 738 g/mol. The molecule has 3 unspecified atom stereocenters. The number of halogens is 1. The quantitative estimate of drug-likeness (QED) is 0.234. The van der Waals surface area contributed by atoms with Crippen LogP contribution in [-0.2, 0) is 25.5 Å². The molecular formula is C37H45BrN4O5S. The van der Waals surface area contributed by atoms with Crippen molar-refractivity contribution < 1.29 is 24.2 Å². The predicted molar refractivity (Wildman–Crippen MR) is 193 cm³/mol. The summed E-state index contributed by atoms with van der Waals surface area (Å²) >= 11 is 5.52. The minimum atomic E-state index is -0.849. The first-order valence-corrected chi connectivity index (χ1v) is 18.6. The van der Waals surface area contributed by atoms with Gasteiger partial charge in [-0.3, -0.25) is 19.3 Å². The third kappa shape index (κ3) is 6.52. The highest BCUT2D eigenvalue weighted by Gasteiger charge is 2.76. The summed E-state index contributed by atoms with van der Waals surface area (Å²) in [7, 11) is 0. The molecule has 4 saturated heterocycles. The van der Waals surface area contributed by atoms with Gasteiger partial charge in [-0.05, 0) is 30.5 Å². The number of morpholine rings is 1. The van der Waals surface area contributed by atoms with Gasteiger partial charge in [0.1, 0.15) is 6.04 Å². The van der Waals surface area contributed by atoms with E-state index in [4.69, 9.17) is 4.74 Å². The summed E-state index contributed by atoms with van der Waals surface area (Å²) in [6.07, 6.45) is 4.39. The van der Waals surface area contributed by atoms with E-state index >= 15 is 4.79 Å². The van der Waals surface area contributed by atoms with Gasteiger partial charge in [0.2, 0.25) is 17.7 Å². The maximum Gasteiger partial charge on any atom is 0.247 e. The molecule has 1 N–H and O–H groups in total. The SMILES string of the molecule is C=CCN(CCN1CCOCC1)C(=O)C1N([C@@H](CO)Cc2ccccc2)C(=O)[C@@H]2[C@@H](C(=O)N(CC=C)c3ccccc3)[C@@H]3SC12CC3Br. The van der Waals surface area contributed by atoms with Crippen molar-refractivity contribution in [3.05, 3.63) is 91.5 Å². The van der Waals surface area contributed by atoms with Gasteiger partial charge in [0.05, 0.1) is 42.4 Å². The van der Waals surface area contributed by atoms with Crippen molar-refractivity contribution in [2.75, 3.05) is 64.0 Å². The standard InChI is InChI=1S/C37H45BrN4O5S/c1-3-15-40(18-17-39-19-21-47-22-20-39)36(46)33-37-24-29(38)32(48-37)30(34(44)41(16-4-2)27-13-9-6-10-14-27)31(37)35(45)42(33)28(25-43)23-26-11-7-5-8-12-26/h3-14,28-33,43H,1-2,15-25H2/t28-,29?,30-,31+,32-,33?,37?/m1/s1. The number of alkyl halides is 1. The Bertz CT molecular complexity index is 1480. The van der Waals surface area contributed by atoms with Crippen LogP contribution in [0.4, 0.5) is 5.69 Å². The number of carbonyl (C=O) groups excluding carboxylic acids is 3. The number of thioether (sulfide) groups is 1. The summed E-state index contributed by atoms with van der Waals surface area (Å²) in [5, 5.41) is 10.7. The number of benzene rings is 2. The minimum Gasteiger partial charge on any atom is -0.394 e. The zero-order chi connectivity index (χ0) is 33.8. The highest BCUT2D eigenvalue weighted by Crippen LogP contribution is 2.68. The Labute approximate surface area is 296 Å². The molecule has 6 rings (SSSR count). The van der Waals surface area contributed by atoms with Gasteiger partial charge in [0.15, 0.2) is 0 Å². The molecule has 2 aromatic rings. The summed E-state index contributed by atoms with van der Waals surface area (Å²) in [6.45, 7) is 12.3. The second-order valence-corrected chi connectivity index (χ2v) is 15.8. The molecule has 9 nitrogen and oxygen atoms in total. The van der Waals surface area contributed by atoms with Gasteiger partial charge in [-0.25, -0.2) is 0 Å². The number of aliphatic hydroxyl groups is 1. The Morgan fingerprint density at radius 2 is 1.71 bits per heavy atom. The van der Waals surface area contributed by atoms with Crippen LogP contribution in [0, 0.1) is 11.8 Å². The Balaban J connectivity index is 1.39. The van der Waals surface area contributed by atoms with E-state index in [2.05, 4.69) is 34.0 Å². The highest BCUT2D eigenvalue weighted by molar-refractivity contribution is 9.09. The predicted octanol–water partition coefficient (Wildman–Crippen LogP) is 3.62. The number of amides is 3. The lowest BCUT2D eigenvalue weighted by atomic mass is 9.70. The van der Waals surface area contributed by atoms with Crippen LogP contribution in [0.15, 0.2) is 86.0 Å². The van der Waals surface area contributed by atoms with Gasteiger partial charge >= 0.3 is 0 Å². The molecule has 3 amide bonds. The van der Waals surface area contributed by atoms with E-state index < -0.39 is 28.7 Å². The molecule has 4 fully saturated rings. The number of ether oxygens (including phenoxy) is 1. The summed E-state index contributed by atoms with van der Waals surface area (Å²) in [4.78, 5) is 52.1. The number of aliphatic hydroxyl groups excluding tert-OH is 1. The molecule has 7 atom stereocenters. The van der Waals surface area contributed by atoms with Crippen LogP contribution in [0.2, 0.25) is 0 Å². The Kier molecular flexibility index (Phi) is 11.1. The summed E-state index contributed by atoms with van der Waals surface area (Å²) in [6, 6.07) is 17.7. The number of carbonyl (C=O) groups is 3. The molecule has 2 bridgehead atoms. The number of anilines is 1. The van der Waals surface area contributed by atoms with E-state index in [0.29, 0.717) is 52.2 Å². The molecule has 4 aliphatic rings. The van der Waals surface area contributed by atoms with Gasteiger partial charge in [0.25, 0.3) is 0 Å². The second-order valence-electron chi connectivity index (χ2n) is 13.0. The monoisotopic (exact) mass is 736 g/mol. The van der Waals surface area contributed by atoms with Crippen molar-refractivity contribution in [2.45, 2.75) is 39.7 Å². The van der Waals surface area contributed by atoms with Crippen LogP contribution >= 0.6 is 27.7 Å². The maximum atomic E-state index is 15.0. The smallest absolute Gasteiger partial charge is 0.247 e. The third-order valence-corrected chi connectivity index (χ3v) is 13.5. The van der Waals surface area contributed by atoms with Gasteiger partial charge in [-0.1, -0.05) is 76.6 Å². The first kappa shape index (κ1) is 34.9. The summed E-state index contributed by atoms with van der Waals surface area (Å²) in [5.41, 5.74) is 1.70. The fourth-order valence-corrected chi connectivity index (χ4v) is 11.7. The lowest BCUT2D eigenvalue weighted by Gasteiger charge is -2.40. The van der Waals surface area contributed by atoms with Gasteiger partial charge < -0.3 is 24.5 Å². The fraction of sp³-hybridized carbons (Fsp3) is 0.486.